The van der Waals surface area contributed by atoms with Crippen LogP contribution < -0.4 is 0 Å². The third kappa shape index (κ3) is 4.30. The monoisotopic (exact) mass is 374 g/mol. The molecule has 0 aliphatic carbocycles. The minimum absolute atomic E-state index is 0.222. The van der Waals surface area contributed by atoms with Gasteiger partial charge in [-0.05, 0) is 60.1 Å². The van der Waals surface area contributed by atoms with E-state index in [2.05, 4.69) is 22.6 Å². The largest absolute Gasteiger partial charge is 0.468 e. The zero-order valence-electron chi connectivity index (χ0n) is 11.3. The number of methoxy groups -OCH3 is 1. The number of carbonyl (C=O) groups is 2. The molecule has 1 rings (SSSR count). The van der Waals surface area contributed by atoms with Crippen LogP contribution in [0.5, 0.6) is 0 Å². The highest BCUT2D eigenvalue weighted by Gasteiger charge is 2.35. The minimum atomic E-state index is -0.640. The average molecular weight is 374 g/mol. The summed E-state index contributed by atoms with van der Waals surface area (Å²) >= 11 is 2.23. The van der Waals surface area contributed by atoms with Crippen LogP contribution in [-0.4, -0.2) is 19.4 Å². The van der Waals surface area contributed by atoms with Crippen LogP contribution in [0.15, 0.2) is 24.3 Å². The number of hydrogen-bond acceptors (Lipinski definition) is 3. The molecule has 0 radical (unpaired) electrons. The first-order valence-corrected chi connectivity index (χ1v) is 7.40. The van der Waals surface area contributed by atoms with Gasteiger partial charge in [0, 0.05) is 9.99 Å². The highest BCUT2D eigenvalue weighted by atomic mass is 127. The predicted molar refractivity (Wildman–Crippen MR) is 83.1 cm³/mol. The van der Waals surface area contributed by atoms with E-state index in [1.165, 1.54) is 7.11 Å². The summed E-state index contributed by atoms with van der Waals surface area (Å²) < 4.78 is 6.05. The van der Waals surface area contributed by atoms with Crippen LogP contribution in [0.25, 0.3) is 0 Å². The Bertz CT molecular complexity index is 445. The van der Waals surface area contributed by atoms with E-state index < -0.39 is 5.41 Å². The maximum absolute atomic E-state index is 12.1. The van der Waals surface area contributed by atoms with E-state index >= 15 is 0 Å². The number of ether oxygens (including phenoxy) is 1. The van der Waals surface area contributed by atoms with Crippen LogP contribution in [0, 0.1) is 3.57 Å². The Hall–Kier alpha value is -0.910. The first-order valence-electron chi connectivity index (χ1n) is 6.32. The third-order valence-electron chi connectivity index (χ3n) is 3.35. The Morgan fingerprint density at radius 3 is 2.74 bits per heavy atom. The van der Waals surface area contributed by atoms with Gasteiger partial charge < -0.3 is 9.53 Å². The number of hydrogen-bond donors (Lipinski definition) is 0. The first-order chi connectivity index (χ1) is 9.04. The van der Waals surface area contributed by atoms with E-state index in [1.54, 1.807) is 0 Å². The van der Waals surface area contributed by atoms with Gasteiger partial charge in [-0.3, -0.25) is 4.79 Å². The summed E-state index contributed by atoms with van der Waals surface area (Å²) in [5.41, 5.74) is 0.330. The van der Waals surface area contributed by atoms with E-state index in [9.17, 15) is 9.59 Å². The number of unbranched alkanes of at least 4 members (excludes halogenated alkanes) is 2. The molecule has 0 fully saturated rings. The average Bonchev–Trinajstić information content (AvgIpc) is 2.42. The van der Waals surface area contributed by atoms with Gasteiger partial charge in [-0.25, -0.2) is 0 Å². The highest BCUT2D eigenvalue weighted by Crippen LogP contribution is 2.32. The Labute approximate surface area is 127 Å². The van der Waals surface area contributed by atoms with Gasteiger partial charge in [0.05, 0.1) is 12.5 Å². The lowest BCUT2D eigenvalue weighted by Crippen LogP contribution is -2.33. The topological polar surface area (TPSA) is 43.4 Å². The van der Waals surface area contributed by atoms with Crippen molar-refractivity contribution in [2.45, 2.75) is 38.0 Å². The maximum Gasteiger partial charge on any atom is 0.315 e. The summed E-state index contributed by atoms with van der Waals surface area (Å²) in [6.45, 7) is 1.91. The standard InChI is InChI=1S/C15H19IO3/c1-15(14(18)19-2,9-4-3-5-10-17)12-7-6-8-13(16)11-12/h6-8,10-11H,3-5,9H2,1-2H3. The highest BCUT2D eigenvalue weighted by molar-refractivity contribution is 14.1. The van der Waals surface area contributed by atoms with Crippen LogP contribution in [0.3, 0.4) is 0 Å². The number of halogens is 1. The van der Waals surface area contributed by atoms with E-state index in [0.29, 0.717) is 12.8 Å². The molecule has 4 heteroatoms. The van der Waals surface area contributed by atoms with Gasteiger partial charge in [-0.15, -0.1) is 0 Å². The molecular formula is C15H19IO3. The number of benzene rings is 1. The number of esters is 1. The van der Waals surface area contributed by atoms with Gasteiger partial charge in [0.25, 0.3) is 0 Å². The van der Waals surface area contributed by atoms with Gasteiger partial charge in [-0.2, -0.15) is 0 Å². The summed E-state index contributed by atoms with van der Waals surface area (Å²) in [4.78, 5) is 22.5. The van der Waals surface area contributed by atoms with Crippen LogP contribution in [0.2, 0.25) is 0 Å². The number of carbonyl (C=O) groups excluding carboxylic acids is 2. The molecule has 0 N–H and O–H groups in total. The molecule has 3 nitrogen and oxygen atoms in total. The molecule has 1 aromatic rings. The van der Waals surface area contributed by atoms with Crippen molar-refractivity contribution in [1.82, 2.24) is 0 Å². The molecule has 1 aromatic carbocycles. The van der Waals surface area contributed by atoms with Gasteiger partial charge >= 0.3 is 5.97 Å². The summed E-state index contributed by atoms with van der Waals surface area (Å²) in [5, 5.41) is 0. The first kappa shape index (κ1) is 16.1. The Morgan fingerprint density at radius 2 is 2.16 bits per heavy atom. The van der Waals surface area contributed by atoms with Crippen LogP contribution >= 0.6 is 22.6 Å². The zero-order valence-corrected chi connectivity index (χ0v) is 13.5. The van der Waals surface area contributed by atoms with Crippen molar-refractivity contribution in [3.63, 3.8) is 0 Å². The van der Waals surface area contributed by atoms with Crippen LogP contribution in [-0.2, 0) is 19.7 Å². The summed E-state index contributed by atoms with van der Waals surface area (Å²) in [6, 6.07) is 7.91. The minimum Gasteiger partial charge on any atom is -0.468 e. The predicted octanol–water partition coefficient (Wildman–Crippen LogP) is 3.48. The molecule has 1 atom stereocenters. The third-order valence-corrected chi connectivity index (χ3v) is 4.02. The van der Waals surface area contributed by atoms with Crippen LogP contribution in [0.4, 0.5) is 0 Å². The second kappa shape index (κ2) is 7.62. The van der Waals surface area contributed by atoms with E-state index in [1.807, 2.05) is 31.2 Å². The van der Waals surface area contributed by atoms with E-state index in [-0.39, 0.29) is 5.97 Å². The second-order valence-electron chi connectivity index (χ2n) is 4.75. The maximum atomic E-state index is 12.1. The number of rotatable bonds is 7. The molecule has 1 unspecified atom stereocenters. The molecular weight excluding hydrogens is 355 g/mol. The molecule has 104 valence electrons. The van der Waals surface area contributed by atoms with Crippen molar-refractivity contribution in [2.75, 3.05) is 7.11 Å². The fourth-order valence-electron chi connectivity index (χ4n) is 2.13. The SMILES string of the molecule is COC(=O)C(C)(CCCCC=O)c1cccc(I)c1. The van der Waals surface area contributed by atoms with Gasteiger partial charge in [0.1, 0.15) is 6.29 Å². The molecule has 0 saturated carbocycles. The summed E-state index contributed by atoms with van der Waals surface area (Å²) in [6.07, 6.45) is 3.79. The van der Waals surface area contributed by atoms with Crippen molar-refractivity contribution < 1.29 is 14.3 Å². The van der Waals surface area contributed by atoms with Gasteiger partial charge in [0.15, 0.2) is 0 Å². The van der Waals surface area contributed by atoms with Gasteiger partial charge in [-0.1, -0.05) is 18.6 Å². The summed E-state index contributed by atoms with van der Waals surface area (Å²) in [5.74, 6) is -0.222. The van der Waals surface area contributed by atoms with Crippen molar-refractivity contribution in [1.29, 1.82) is 0 Å². The summed E-state index contributed by atoms with van der Waals surface area (Å²) in [7, 11) is 1.42. The quantitative estimate of drug-likeness (QED) is 0.318. The second-order valence-corrected chi connectivity index (χ2v) is 5.99. The van der Waals surface area contributed by atoms with E-state index in [0.717, 1.165) is 28.3 Å². The Kier molecular flexibility index (Phi) is 6.48. The van der Waals surface area contributed by atoms with Crippen molar-refractivity contribution in [2.24, 2.45) is 0 Å². The molecule has 0 aromatic heterocycles. The number of aldehydes is 1. The molecule has 0 saturated heterocycles. The Balaban J connectivity index is 2.92. The lowest BCUT2D eigenvalue weighted by molar-refractivity contribution is -0.147. The molecule has 0 aliphatic heterocycles. The van der Waals surface area contributed by atoms with Crippen molar-refractivity contribution in [3.05, 3.63) is 33.4 Å². The molecule has 19 heavy (non-hydrogen) atoms. The lowest BCUT2D eigenvalue weighted by atomic mass is 9.78. The Morgan fingerprint density at radius 1 is 1.42 bits per heavy atom. The zero-order chi connectivity index (χ0) is 14.3. The normalized spacial score (nSPS) is 13.6. The molecule has 0 amide bonds. The fraction of sp³-hybridized carbons (Fsp3) is 0.467. The smallest absolute Gasteiger partial charge is 0.315 e. The molecule has 0 bridgehead atoms. The molecule has 0 aliphatic rings. The van der Waals surface area contributed by atoms with Crippen molar-refractivity contribution >= 4 is 34.8 Å². The van der Waals surface area contributed by atoms with Crippen molar-refractivity contribution in [3.8, 4) is 0 Å². The fourth-order valence-corrected chi connectivity index (χ4v) is 2.67. The van der Waals surface area contributed by atoms with Gasteiger partial charge in [0.2, 0.25) is 0 Å². The lowest BCUT2D eigenvalue weighted by Gasteiger charge is -2.27. The molecule has 0 heterocycles. The molecule has 0 spiro atoms. The van der Waals surface area contributed by atoms with Crippen LogP contribution in [0.1, 0.15) is 38.2 Å². The van der Waals surface area contributed by atoms with E-state index in [4.69, 9.17) is 4.74 Å².